The van der Waals surface area contributed by atoms with Crippen molar-refractivity contribution in [2.24, 2.45) is 23.2 Å². The molecule has 0 unspecified atom stereocenters. The summed E-state index contributed by atoms with van der Waals surface area (Å²) in [6.45, 7) is 0. The van der Waals surface area contributed by atoms with E-state index in [-0.39, 0.29) is 17.2 Å². The summed E-state index contributed by atoms with van der Waals surface area (Å²) in [5, 5.41) is 8.78. The maximum atomic E-state index is 12.4. The van der Waals surface area contributed by atoms with Gasteiger partial charge in [0.05, 0.1) is 11.6 Å². The minimum Gasteiger partial charge on any atom is -0.273 e. The number of hydrogen-bond acceptors (Lipinski definition) is 3. The van der Waals surface area contributed by atoms with Gasteiger partial charge in [-0.3, -0.25) is 20.4 Å². The van der Waals surface area contributed by atoms with Crippen molar-refractivity contribution < 1.29 is 9.59 Å². The third-order valence-corrected chi connectivity index (χ3v) is 6.29. The van der Waals surface area contributed by atoms with Crippen molar-refractivity contribution in [3.8, 4) is 6.07 Å². The Kier molecular flexibility index (Phi) is 3.99. The predicted octanol–water partition coefficient (Wildman–Crippen LogP) is 2.93. The van der Waals surface area contributed by atoms with Gasteiger partial charge in [-0.25, -0.2) is 0 Å². The second-order valence-electron chi connectivity index (χ2n) is 8.29. The number of carbonyl (C=O) groups excluding carboxylic acids is 2. The van der Waals surface area contributed by atoms with E-state index in [1.807, 2.05) is 6.07 Å². The van der Waals surface area contributed by atoms with E-state index in [2.05, 4.69) is 10.9 Å². The summed E-state index contributed by atoms with van der Waals surface area (Å²) < 4.78 is 0. The molecule has 0 radical (unpaired) electrons. The molecule has 0 aliphatic heterocycles. The zero-order valence-corrected chi connectivity index (χ0v) is 14.3. The number of hydrazine groups is 1. The Morgan fingerprint density at radius 1 is 1.00 bits per heavy atom. The van der Waals surface area contributed by atoms with Crippen LogP contribution < -0.4 is 10.9 Å². The molecular weight excluding hydrogens is 314 g/mol. The van der Waals surface area contributed by atoms with Gasteiger partial charge in [0.2, 0.25) is 5.91 Å². The van der Waals surface area contributed by atoms with E-state index < -0.39 is 0 Å². The van der Waals surface area contributed by atoms with E-state index in [9.17, 15) is 9.59 Å². The first-order valence-electron chi connectivity index (χ1n) is 9.15. The number of nitriles is 1. The monoisotopic (exact) mass is 337 g/mol. The van der Waals surface area contributed by atoms with Crippen LogP contribution in [0.1, 0.15) is 60.9 Å². The molecule has 1 aromatic carbocycles. The Bertz CT molecular complexity index is 697. The molecule has 5 heteroatoms. The average Bonchev–Trinajstić information content (AvgIpc) is 2.58. The number of rotatable bonds is 3. The number of nitrogens with zero attached hydrogens (tertiary/aromatic N) is 1. The zero-order valence-electron chi connectivity index (χ0n) is 14.3. The maximum Gasteiger partial charge on any atom is 0.269 e. The largest absolute Gasteiger partial charge is 0.273 e. The van der Waals surface area contributed by atoms with Gasteiger partial charge in [-0.05, 0) is 86.0 Å². The Morgan fingerprint density at radius 2 is 1.56 bits per heavy atom. The van der Waals surface area contributed by atoms with E-state index in [1.165, 1.54) is 38.5 Å². The zero-order chi connectivity index (χ0) is 17.4. The normalized spacial score (nSPS) is 32.0. The summed E-state index contributed by atoms with van der Waals surface area (Å²) in [5.41, 5.74) is 6.17. The van der Waals surface area contributed by atoms with Crippen LogP contribution in [0.25, 0.3) is 0 Å². The van der Waals surface area contributed by atoms with E-state index >= 15 is 0 Å². The van der Waals surface area contributed by atoms with Crippen molar-refractivity contribution in [3.05, 3.63) is 35.4 Å². The van der Waals surface area contributed by atoms with Crippen molar-refractivity contribution in [1.29, 1.82) is 5.26 Å². The van der Waals surface area contributed by atoms with Crippen molar-refractivity contribution in [1.82, 2.24) is 10.9 Å². The van der Waals surface area contributed by atoms with E-state index in [4.69, 9.17) is 5.26 Å². The third-order valence-electron chi connectivity index (χ3n) is 6.29. The Balaban J connectivity index is 1.32. The van der Waals surface area contributed by atoms with Crippen LogP contribution in [0.5, 0.6) is 0 Å². The molecular formula is C20H23N3O2. The highest BCUT2D eigenvalue weighted by Crippen LogP contribution is 2.61. The molecule has 0 atom stereocenters. The standard InChI is InChI=1S/C20H23N3O2/c21-12-13-1-3-17(4-2-13)19(25)23-22-18(24)11-20-8-14-5-15(9-20)7-16(6-14)10-20/h1-4,14-16H,5-11H2,(H,22,24)(H,23,25). The van der Waals surface area contributed by atoms with Gasteiger partial charge in [0.25, 0.3) is 5.91 Å². The lowest BCUT2D eigenvalue weighted by atomic mass is 9.49. The number of amides is 2. The molecule has 25 heavy (non-hydrogen) atoms. The fourth-order valence-electron chi connectivity index (χ4n) is 5.79. The van der Waals surface area contributed by atoms with E-state index in [0.29, 0.717) is 17.5 Å². The molecule has 0 saturated heterocycles. The van der Waals surface area contributed by atoms with Crippen LogP contribution in [0.4, 0.5) is 0 Å². The maximum absolute atomic E-state index is 12.4. The highest BCUT2D eigenvalue weighted by molar-refractivity contribution is 5.95. The van der Waals surface area contributed by atoms with Gasteiger partial charge in [0.1, 0.15) is 0 Å². The van der Waals surface area contributed by atoms with Gasteiger partial charge in [0, 0.05) is 12.0 Å². The molecule has 5 rings (SSSR count). The summed E-state index contributed by atoms with van der Waals surface area (Å²) >= 11 is 0. The number of hydrogen-bond donors (Lipinski definition) is 2. The topological polar surface area (TPSA) is 82.0 Å². The SMILES string of the molecule is N#Cc1ccc(C(=O)NNC(=O)CC23CC4CC(CC(C4)C2)C3)cc1. The predicted molar refractivity (Wildman–Crippen MR) is 92.0 cm³/mol. The first kappa shape index (κ1) is 16.1. The molecule has 130 valence electrons. The van der Waals surface area contributed by atoms with Crippen molar-refractivity contribution >= 4 is 11.8 Å². The van der Waals surface area contributed by atoms with Gasteiger partial charge >= 0.3 is 0 Å². The lowest BCUT2D eigenvalue weighted by Gasteiger charge is -2.56. The second kappa shape index (κ2) is 6.18. The lowest BCUT2D eigenvalue weighted by molar-refractivity contribution is -0.130. The molecule has 4 aliphatic carbocycles. The van der Waals surface area contributed by atoms with Crippen molar-refractivity contribution in [2.75, 3.05) is 0 Å². The van der Waals surface area contributed by atoms with Gasteiger partial charge in [-0.2, -0.15) is 5.26 Å². The molecule has 5 nitrogen and oxygen atoms in total. The lowest BCUT2D eigenvalue weighted by Crippen LogP contribution is -2.50. The Hall–Kier alpha value is -2.35. The summed E-state index contributed by atoms with van der Waals surface area (Å²) in [5.74, 6) is 1.99. The minimum atomic E-state index is -0.358. The highest BCUT2D eigenvalue weighted by Gasteiger charge is 2.51. The van der Waals surface area contributed by atoms with Crippen LogP contribution in [0.15, 0.2) is 24.3 Å². The Labute approximate surface area is 147 Å². The first-order valence-corrected chi connectivity index (χ1v) is 9.15. The molecule has 4 fully saturated rings. The average molecular weight is 337 g/mol. The summed E-state index contributed by atoms with van der Waals surface area (Å²) in [6, 6.07) is 8.36. The minimum absolute atomic E-state index is 0.0936. The molecule has 0 heterocycles. The second-order valence-corrected chi connectivity index (χ2v) is 8.29. The molecule has 2 amide bonds. The summed E-state index contributed by atoms with van der Waals surface area (Å²) in [4.78, 5) is 24.5. The Morgan fingerprint density at radius 3 is 2.08 bits per heavy atom. The molecule has 4 bridgehead atoms. The quantitative estimate of drug-likeness (QED) is 0.832. The van der Waals surface area contributed by atoms with Gasteiger partial charge in [-0.15, -0.1) is 0 Å². The van der Waals surface area contributed by atoms with Crippen molar-refractivity contribution in [3.63, 3.8) is 0 Å². The van der Waals surface area contributed by atoms with Crippen LogP contribution >= 0.6 is 0 Å². The molecule has 2 N–H and O–H groups in total. The smallest absolute Gasteiger partial charge is 0.269 e. The first-order chi connectivity index (χ1) is 12.0. The number of carbonyl (C=O) groups is 2. The van der Waals surface area contributed by atoms with Crippen LogP contribution in [-0.2, 0) is 4.79 Å². The van der Waals surface area contributed by atoms with Crippen molar-refractivity contribution in [2.45, 2.75) is 44.9 Å². The molecule has 1 aromatic rings. The van der Waals surface area contributed by atoms with Crippen LogP contribution in [0.3, 0.4) is 0 Å². The van der Waals surface area contributed by atoms with Gasteiger partial charge < -0.3 is 0 Å². The molecule has 4 aliphatic rings. The molecule has 0 aromatic heterocycles. The summed E-state index contributed by atoms with van der Waals surface area (Å²) in [7, 11) is 0. The summed E-state index contributed by atoms with van der Waals surface area (Å²) in [6.07, 6.45) is 8.12. The van der Waals surface area contributed by atoms with E-state index in [1.54, 1.807) is 24.3 Å². The van der Waals surface area contributed by atoms with Crippen LogP contribution in [0, 0.1) is 34.5 Å². The van der Waals surface area contributed by atoms with Gasteiger partial charge in [-0.1, -0.05) is 0 Å². The van der Waals surface area contributed by atoms with Crippen LogP contribution in [0.2, 0.25) is 0 Å². The molecule has 4 saturated carbocycles. The highest BCUT2D eigenvalue weighted by atomic mass is 16.2. The number of benzene rings is 1. The fraction of sp³-hybridized carbons (Fsp3) is 0.550. The van der Waals surface area contributed by atoms with Gasteiger partial charge in [0.15, 0.2) is 0 Å². The van der Waals surface area contributed by atoms with Crippen LogP contribution in [-0.4, -0.2) is 11.8 Å². The van der Waals surface area contributed by atoms with E-state index in [0.717, 1.165) is 17.8 Å². The fourth-order valence-corrected chi connectivity index (χ4v) is 5.79. The number of nitrogens with one attached hydrogen (secondary N) is 2. The molecule has 0 spiro atoms. The third kappa shape index (κ3) is 3.26.